The second-order valence-corrected chi connectivity index (χ2v) is 9.07. The lowest BCUT2D eigenvalue weighted by Crippen LogP contribution is -2.54. The molecule has 3 unspecified atom stereocenters. The van der Waals surface area contributed by atoms with E-state index in [9.17, 15) is 0 Å². The van der Waals surface area contributed by atoms with Gasteiger partial charge in [-0.1, -0.05) is 63.2 Å². The first-order chi connectivity index (χ1) is 15.7. The Morgan fingerprint density at radius 3 is 2.25 bits per heavy atom. The van der Waals surface area contributed by atoms with E-state index in [0.29, 0.717) is 11.8 Å². The largest absolute Gasteiger partial charge is 0.316 e. The van der Waals surface area contributed by atoms with Crippen LogP contribution in [0, 0.1) is 11.3 Å². The summed E-state index contributed by atoms with van der Waals surface area (Å²) in [6.07, 6.45) is 7.55. The van der Waals surface area contributed by atoms with Gasteiger partial charge in [0.2, 0.25) is 0 Å². The van der Waals surface area contributed by atoms with Crippen molar-refractivity contribution in [3.8, 4) is 0 Å². The molecule has 5 rings (SSSR count). The van der Waals surface area contributed by atoms with E-state index in [1.54, 1.807) is 0 Å². The van der Waals surface area contributed by atoms with Crippen LogP contribution < -0.4 is 9.80 Å². The monoisotopic (exact) mass is 423 g/mol. The molecule has 0 saturated carbocycles. The summed E-state index contributed by atoms with van der Waals surface area (Å²) >= 11 is 0. The van der Waals surface area contributed by atoms with Gasteiger partial charge in [-0.15, -0.1) is 6.58 Å². The van der Waals surface area contributed by atoms with Crippen molar-refractivity contribution in [2.75, 3.05) is 9.80 Å². The molecule has 3 nitrogen and oxygen atoms in total. The van der Waals surface area contributed by atoms with E-state index in [0.717, 1.165) is 25.1 Å². The molecule has 0 aliphatic carbocycles. The van der Waals surface area contributed by atoms with Gasteiger partial charge in [-0.3, -0.25) is 0 Å². The first-order valence-corrected chi connectivity index (χ1v) is 12.0. The minimum atomic E-state index is 0.0119. The molecule has 3 heteroatoms. The number of fused-ring (bicyclic) bond motifs is 5. The van der Waals surface area contributed by atoms with Gasteiger partial charge in [0.1, 0.15) is 6.17 Å². The molecule has 0 spiro atoms. The number of aromatic nitrogens is 1. The van der Waals surface area contributed by atoms with Gasteiger partial charge in [-0.2, -0.15) is 0 Å². The SMILES string of the molecule is C=CC1C(CC)c2ccccc2N2c3ncccc3N(c3ccccc3)C2C1(CC)CC. The molecule has 0 N–H and O–H groups in total. The second-order valence-electron chi connectivity index (χ2n) is 9.07. The molecule has 0 radical (unpaired) electrons. The summed E-state index contributed by atoms with van der Waals surface area (Å²) in [4.78, 5) is 10.0. The number of nitrogens with zero attached hydrogens (tertiary/aromatic N) is 3. The van der Waals surface area contributed by atoms with Gasteiger partial charge in [0.15, 0.2) is 5.82 Å². The average molecular weight is 424 g/mol. The highest BCUT2D eigenvalue weighted by Gasteiger charge is 2.56. The van der Waals surface area contributed by atoms with E-state index in [2.05, 4.69) is 110 Å². The number of benzene rings is 2. The van der Waals surface area contributed by atoms with E-state index in [1.165, 1.54) is 22.6 Å². The third kappa shape index (κ3) is 2.76. The van der Waals surface area contributed by atoms with Crippen LogP contribution >= 0.6 is 0 Å². The third-order valence-electron chi connectivity index (χ3n) is 7.99. The standard InChI is InChI=1S/C29H33N3/c1-5-22-23-17-12-13-18-25(23)32-27-26(19-14-20-30-27)31(21-15-10-9-11-16-21)28(32)29(7-3,8-4)24(22)6-2/h6,9-20,22,24,28H,2,5,7-8H2,1,3-4H3. The summed E-state index contributed by atoms with van der Waals surface area (Å²) in [6, 6.07) is 24.1. The summed E-state index contributed by atoms with van der Waals surface area (Å²) in [7, 11) is 0. The van der Waals surface area contributed by atoms with Gasteiger partial charge >= 0.3 is 0 Å². The number of hydrogen-bond acceptors (Lipinski definition) is 3. The molecule has 0 amide bonds. The predicted octanol–water partition coefficient (Wildman–Crippen LogP) is 7.81. The number of rotatable bonds is 5. The number of hydrogen-bond donors (Lipinski definition) is 0. The van der Waals surface area contributed by atoms with Crippen LogP contribution in [0.5, 0.6) is 0 Å². The Hall–Kier alpha value is -3.07. The van der Waals surface area contributed by atoms with Gasteiger partial charge in [-0.05, 0) is 67.0 Å². The first-order valence-electron chi connectivity index (χ1n) is 12.0. The minimum Gasteiger partial charge on any atom is -0.316 e. The van der Waals surface area contributed by atoms with Crippen molar-refractivity contribution in [3.63, 3.8) is 0 Å². The molecule has 2 aliphatic heterocycles. The van der Waals surface area contributed by atoms with Crippen molar-refractivity contribution >= 4 is 22.9 Å². The van der Waals surface area contributed by atoms with Crippen molar-refractivity contribution in [1.29, 1.82) is 0 Å². The summed E-state index contributed by atoms with van der Waals surface area (Å²) in [6.45, 7) is 11.4. The zero-order chi connectivity index (χ0) is 22.3. The molecular weight excluding hydrogens is 390 g/mol. The van der Waals surface area contributed by atoms with E-state index in [4.69, 9.17) is 4.98 Å². The van der Waals surface area contributed by atoms with Crippen LogP contribution in [0.15, 0.2) is 85.6 Å². The summed E-state index contributed by atoms with van der Waals surface area (Å²) in [5.74, 6) is 1.85. The van der Waals surface area contributed by atoms with Crippen LogP contribution in [0.3, 0.4) is 0 Å². The molecule has 0 saturated heterocycles. The van der Waals surface area contributed by atoms with E-state index in [1.807, 2.05) is 6.20 Å². The van der Waals surface area contributed by atoms with E-state index >= 15 is 0 Å². The highest BCUT2D eigenvalue weighted by Crippen LogP contribution is 2.61. The van der Waals surface area contributed by atoms with Crippen molar-refractivity contribution < 1.29 is 0 Å². The molecule has 0 fully saturated rings. The molecule has 3 heterocycles. The Kier molecular flexibility index (Phi) is 5.28. The van der Waals surface area contributed by atoms with Crippen LogP contribution in [0.4, 0.5) is 22.9 Å². The van der Waals surface area contributed by atoms with Crippen LogP contribution in [0.1, 0.15) is 51.5 Å². The molecule has 1 aromatic heterocycles. The summed E-state index contributed by atoms with van der Waals surface area (Å²) in [5.41, 5.74) is 5.12. The van der Waals surface area contributed by atoms with Crippen molar-refractivity contribution in [1.82, 2.24) is 4.98 Å². The fraction of sp³-hybridized carbons (Fsp3) is 0.345. The minimum absolute atomic E-state index is 0.0119. The van der Waals surface area contributed by atoms with Crippen molar-refractivity contribution in [2.45, 2.75) is 52.1 Å². The Morgan fingerprint density at radius 2 is 1.56 bits per heavy atom. The van der Waals surface area contributed by atoms with Crippen LogP contribution in [0.2, 0.25) is 0 Å². The Morgan fingerprint density at radius 1 is 0.875 bits per heavy atom. The Labute approximate surface area is 192 Å². The molecular formula is C29H33N3. The van der Waals surface area contributed by atoms with Crippen LogP contribution in [-0.4, -0.2) is 11.1 Å². The Balaban J connectivity index is 1.88. The van der Waals surface area contributed by atoms with Crippen molar-refractivity contribution in [2.24, 2.45) is 11.3 Å². The molecule has 2 aromatic carbocycles. The normalized spacial score (nSPS) is 23.2. The average Bonchev–Trinajstić information content (AvgIpc) is 3.15. The lowest BCUT2D eigenvalue weighted by molar-refractivity contribution is 0.122. The molecule has 3 atom stereocenters. The number of para-hydroxylation sites is 2. The van der Waals surface area contributed by atoms with E-state index in [-0.39, 0.29) is 11.6 Å². The predicted molar refractivity (Wildman–Crippen MR) is 135 cm³/mol. The maximum absolute atomic E-state index is 4.95. The fourth-order valence-electron chi connectivity index (χ4n) is 6.50. The smallest absolute Gasteiger partial charge is 0.158 e. The second kappa shape index (κ2) is 8.12. The highest BCUT2D eigenvalue weighted by atomic mass is 15.5. The zero-order valence-electron chi connectivity index (χ0n) is 19.4. The molecule has 32 heavy (non-hydrogen) atoms. The first kappa shape index (κ1) is 20.8. The topological polar surface area (TPSA) is 19.4 Å². The zero-order valence-corrected chi connectivity index (χ0v) is 19.4. The van der Waals surface area contributed by atoms with Crippen LogP contribution in [-0.2, 0) is 0 Å². The van der Waals surface area contributed by atoms with Gasteiger partial charge in [0, 0.05) is 23.0 Å². The van der Waals surface area contributed by atoms with Gasteiger partial charge in [0.05, 0.1) is 5.69 Å². The lowest BCUT2D eigenvalue weighted by Gasteiger charge is -2.49. The summed E-state index contributed by atoms with van der Waals surface area (Å²) in [5, 5.41) is 0. The third-order valence-corrected chi connectivity index (χ3v) is 7.99. The van der Waals surface area contributed by atoms with Gasteiger partial charge < -0.3 is 9.80 Å². The molecule has 164 valence electrons. The quantitative estimate of drug-likeness (QED) is 0.390. The van der Waals surface area contributed by atoms with E-state index < -0.39 is 0 Å². The fourth-order valence-corrected chi connectivity index (χ4v) is 6.50. The van der Waals surface area contributed by atoms with Crippen LogP contribution in [0.25, 0.3) is 0 Å². The number of allylic oxidation sites excluding steroid dienone is 1. The lowest BCUT2D eigenvalue weighted by atomic mass is 9.62. The highest BCUT2D eigenvalue weighted by molar-refractivity contribution is 5.87. The summed E-state index contributed by atoms with van der Waals surface area (Å²) < 4.78 is 0. The van der Waals surface area contributed by atoms with Gasteiger partial charge in [0.25, 0.3) is 0 Å². The Bertz CT molecular complexity index is 1100. The molecule has 2 aliphatic rings. The molecule has 3 aromatic rings. The number of pyridine rings is 1. The van der Waals surface area contributed by atoms with Gasteiger partial charge in [-0.25, -0.2) is 4.98 Å². The maximum Gasteiger partial charge on any atom is 0.158 e. The van der Waals surface area contributed by atoms with Crippen molar-refractivity contribution in [3.05, 3.63) is 91.1 Å². The molecule has 0 bridgehead atoms. The maximum atomic E-state index is 4.95. The number of anilines is 4.